The molecule has 94 valence electrons. The molecule has 1 N–H and O–H groups in total. The standard InChI is InChI=1S/C11H20ClNO3/c1-4-11(5-2,9(14)7-12)8-13-10(15)16-6-3/h4-8H2,1-3H3,(H,13,15). The van der Waals surface area contributed by atoms with Crippen molar-refractivity contribution < 1.29 is 14.3 Å². The van der Waals surface area contributed by atoms with Crippen LogP contribution in [0.1, 0.15) is 33.6 Å². The first-order chi connectivity index (χ1) is 7.56. The van der Waals surface area contributed by atoms with Crippen molar-refractivity contribution in [3.8, 4) is 0 Å². The number of carbonyl (C=O) groups excluding carboxylic acids is 2. The molecule has 0 saturated carbocycles. The lowest BCUT2D eigenvalue weighted by molar-refractivity contribution is -0.126. The molecule has 0 atom stereocenters. The van der Waals surface area contributed by atoms with Crippen molar-refractivity contribution in [2.75, 3.05) is 19.0 Å². The van der Waals surface area contributed by atoms with Gasteiger partial charge in [0.05, 0.1) is 12.5 Å². The summed E-state index contributed by atoms with van der Waals surface area (Å²) in [5.41, 5.74) is -0.561. The van der Waals surface area contributed by atoms with Crippen LogP contribution in [0.25, 0.3) is 0 Å². The van der Waals surface area contributed by atoms with Crippen molar-refractivity contribution in [2.45, 2.75) is 33.6 Å². The summed E-state index contributed by atoms with van der Waals surface area (Å²) in [4.78, 5) is 22.9. The van der Waals surface area contributed by atoms with E-state index in [1.165, 1.54) is 0 Å². The Labute approximate surface area is 102 Å². The number of hydrogen-bond donors (Lipinski definition) is 1. The predicted molar refractivity (Wildman–Crippen MR) is 63.8 cm³/mol. The summed E-state index contributed by atoms with van der Waals surface area (Å²) >= 11 is 5.58. The summed E-state index contributed by atoms with van der Waals surface area (Å²) in [5.74, 6) is -0.0532. The van der Waals surface area contributed by atoms with E-state index >= 15 is 0 Å². The second-order valence-electron chi connectivity index (χ2n) is 3.62. The van der Waals surface area contributed by atoms with E-state index in [9.17, 15) is 9.59 Å². The Bertz CT molecular complexity index is 239. The van der Waals surface area contributed by atoms with Crippen molar-refractivity contribution in [1.82, 2.24) is 5.32 Å². The molecule has 0 aliphatic heterocycles. The summed E-state index contributed by atoms with van der Waals surface area (Å²) in [6.07, 6.45) is 0.819. The van der Waals surface area contributed by atoms with Crippen LogP contribution in [0.3, 0.4) is 0 Å². The van der Waals surface area contributed by atoms with Gasteiger partial charge in [-0.2, -0.15) is 0 Å². The van der Waals surface area contributed by atoms with E-state index in [1.807, 2.05) is 13.8 Å². The molecule has 0 aromatic heterocycles. The van der Waals surface area contributed by atoms with Gasteiger partial charge in [-0.1, -0.05) is 13.8 Å². The molecule has 0 fully saturated rings. The summed E-state index contributed by atoms with van der Waals surface area (Å²) < 4.78 is 4.75. The average Bonchev–Trinajstić information content (AvgIpc) is 2.31. The SMILES string of the molecule is CCOC(=O)NCC(CC)(CC)C(=O)CCl. The zero-order valence-corrected chi connectivity index (χ0v) is 10.9. The van der Waals surface area contributed by atoms with Gasteiger partial charge in [-0.15, -0.1) is 11.6 Å². The fraction of sp³-hybridized carbons (Fsp3) is 0.818. The molecule has 16 heavy (non-hydrogen) atoms. The van der Waals surface area contributed by atoms with E-state index in [1.54, 1.807) is 6.92 Å². The maximum absolute atomic E-state index is 11.7. The van der Waals surface area contributed by atoms with Crippen molar-refractivity contribution in [2.24, 2.45) is 5.41 Å². The number of hydrogen-bond acceptors (Lipinski definition) is 3. The Balaban J connectivity index is 4.44. The number of ether oxygens (including phenoxy) is 1. The summed E-state index contributed by atoms with van der Waals surface area (Å²) in [6.45, 7) is 6.17. The smallest absolute Gasteiger partial charge is 0.407 e. The summed E-state index contributed by atoms with van der Waals surface area (Å²) in [7, 11) is 0. The molecule has 1 amide bonds. The fourth-order valence-electron chi connectivity index (χ4n) is 1.56. The van der Waals surface area contributed by atoms with E-state index in [0.717, 1.165) is 0 Å². The number of alkyl halides is 1. The molecule has 0 unspecified atom stereocenters. The van der Waals surface area contributed by atoms with E-state index < -0.39 is 11.5 Å². The van der Waals surface area contributed by atoms with Gasteiger partial charge in [0.2, 0.25) is 0 Å². The topological polar surface area (TPSA) is 55.4 Å². The highest BCUT2D eigenvalue weighted by Gasteiger charge is 2.34. The lowest BCUT2D eigenvalue weighted by atomic mass is 9.79. The molecule has 4 nitrogen and oxygen atoms in total. The summed E-state index contributed by atoms with van der Waals surface area (Å²) in [6, 6.07) is 0. The fourth-order valence-corrected chi connectivity index (χ4v) is 1.84. The number of nitrogens with one attached hydrogen (secondary N) is 1. The quantitative estimate of drug-likeness (QED) is 0.705. The van der Waals surface area contributed by atoms with E-state index in [4.69, 9.17) is 16.3 Å². The first-order valence-corrected chi connectivity index (χ1v) is 6.09. The lowest BCUT2D eigenvalue weighted by Gasteiger charge is -2.29. The maximum Gasteiger partial charge on any atom is 0.407 e. The van der Waals surface area contributed by atoms with Gasteiger partial charge in [-0.05, 0) is 19.8 Å². The van der Waals surface area contributed by atoms with E-state index in [-0.39, 0.29) is 18.2 Å². The van der Waals surface area contributed by atoms with Crippen LogP contribution in [0.2, 0.25) is 0 Å². The van der Waals surface area contributed by atoms with Gasteiger partial charge in [0.15, 0.2) is 5.78 Å². The number of amides is 1. The van der Waals surface area contributed by atoms with Crippen molar-refractivity contribution in [3.05, 3.63) is 0 Å². The van der Waals surface area contributed by atoms with E-state index in [0.29, 0.717) is 19.4 Å². The van der Waals surface area contributed by atoms with Gasteiger partial charge in [0, 0.05) is 12.0 Å². The lowest BCUT2D eigenvalue weighted by Crippen LogP contribution is -2.43. The molecule has 0 heterocycles. The third kappa shape index (κ3) is 4.00. The normalized spacial score (nSPS) is 11.0. The largest absolute Gasteiger partial charge is 0.450 e. The molecule has 0 aromatic rings. The molecule has 0 aliphatic carbocycles. The highest BCUT2D eigenvalue weighted by atomic mass is 35.5. The molecule has 0 saturated heterocycles. The van der Waals surface area contributed by atoms with Crippen molar-refractivity contribution in [1.29, 1.82) is 0 Å². The van der Waals surface area contributed by atoms with Crippen LogP contribution in [0.4, 0.5) is 4.79 Å². The zero-order valence-electron chi connectivity index (χ0n) is 10.1. The third-order valence-corrected chi connectivity index (χ3v) is 3.16. The predicted octanol–water partition coefficient (Wildman–Crippen LogP) is 2.35. The molecule has 0 bridgehead atoms. The number of halogens is 1. The van der Waals surface area contributed by atoms with Crippen LogP contribution in [-0.2, 0) is 9.53 Å². The molecule has 5 heteroatoms. The van der Waals surface area contributed by atoms with Crippen LogP contribution in [0.15, 0.2) is 0 Å². The molecule has 0 spiro atoms. The first-order valence-electron chi connectivity index (χ1n) is 5.56. The second-order valence-corrected chi connectivity index (χ2v) is 3.89. The van der Waals surface area contributed by atoms with Gasteiger partial charge in [0.25, 0.3) is 0 Å². The monoisotopic (exact) mass is 249 g/mol. The van der Waals surface area contributed by atoms with Crippen LogP contribution in [0, 0.1) is 5.41 Å². The van der Waals surface area contributed by atoms with Crippen LogP contribution >= 0.6 is 11.6 Å². The molecule has 0 aromatic carbocycles. The van der Waals surface area contributed by atoms with Gasteiger partial charge >= 0.3 is 6.09 Å². The Morgan fingerprint density at radius 3 is 2.19 bits per heavy atom. The Morgan fingerprint density at radius 1 is 1.25 bits per heavy atom. The third-order valence-electron chi connectivity index (χ3n) is 2.91. The maximum atomic E-state index is 11.7. The van der Waals surface area contributed by atoms with Gasteiger partial charge in [0.1, 0.15) is 0 Å². The van der Waals surface area contributed by atoms with Crippen molar-refractivity contribution in [3.63, 3.8) is 0 Å². The van der Waals surface area contributed by atoms with Gasteiger partial charge < -0.3 is 10.1 Å². The molecule has 0 aliphatic rings. The van der Waals surface area contributed by atoms with E-state index in [2.05, 4.69) is 5.32 Å². The highest BCUT2D eigenvalue weighted by molar-refractivity contribution is 6.28. The van der Waals surface area contributed by atoms with Crippen LogP contribution in [0.5, 0.6) is 0 Å². The molecule has 0 radical (unpaired) electrons. The Morgan fingerprint density at radius 2 is 1.81 bits per heavy atom. The zero-order chi connectivity index (χ0) is 12.6. The molecular formula is C11H20ClNO3. The Hall–Kier alpha value is -0.770. The number of Topliss-reactive ketones (excluding diaryl/α,β-unsaturated/α-hetero) is 1. The molecular weight excluding hydrogens is 230 g/mol. The summed E-state index contributed by atoms with van der Waals surface area (Å²) in [5, 5.41) is 2.60. The minimum Gasteiger partial charge on any atom is -0.450 e. The Kier molecular flexibility index (Phi) is 7.13. The second kappa shape index (κ2) is 7.49. The average molecular weight is 250 g/mol. The first kappa shape index (κ1) is 15.2. The van der Waals surface area contributed by atoms with Crippen molar-refractivity contribution >= 4 is 23.5 Å². The number of ketones is 1. The number of rotatable bonds is 7. The number of carbonyl (C=O) groups is 2. The van der Waals surface area contributed by atoms with Gasteiger partial charge in [-0.3, -0.25) is 4.79 Å². The number of alkyl carbamates (subject to hydrolysis) is 1. The van der Waals surface area contributed by atoms with Crippen LogP contribution < -0.4 is 5.32 Å². The highest BCUT2D eigenvalue weighted by Crippen LogP contribution is 2.27. The minimum atomic E-state index is -0.561. The van der Waals surface area contributed by atoms with Gasteiger partial charge in [-0.25, -0.2) is 4.79 Å². The van der Waals surface area contributed by atoms with Crippen LogP contribution in [-0.4, -0.2) is 30.9 Å². The minimum absolute atomic E-state index is 0.0216. The molecule has 0 rings (SSSR count).